The maximum Gasteiger partial charge on any atom is 0.349 e. The van der Waals surface area contributed by atoms with E-state index in [-0.39, 0.29) is 5.69 Å². The molecule has 0 aliphatic heterocycles. The first kappa shape index (κ1) is 17.8. The van der Waals surface area contributed by atoms with Crippen molar-refractivity contribution in [3.05, 3.63) is 79.0 Å². The molecule has 2 aromatic heterocycles. The van der Waals surface area contributed by atoms with E-state index in [0.717, 1.165) is 47.0 Å². The molecule has 0 radical (unpaired) electrons. The molecule has 1 aliphatic carbocycles. The largest absolute Gasteiger partial charge is 0.349 e. The fraction of sp³-hybridized carbons (Fsp3) is 0.300. The van der Waals surface area contributed by atoms with Gasteiger partial charge in [0.15, 0.2) is 0 Å². The van der Waals surface area contributed by atoms with Crippen molar-refractivity contribution in [1.82, 2.24) is 9.55 Å². The maximum atomic E-state index is 12.7. The molecule has 4 rings (SSSR count). The second-order valence-corrected chi connectivity index (χ2v) is 8.85. The molecule has 0 fully saturated rings. The fourth-order valence-electron chi connectivity index (χ4n) is 3.37. The Labute approximate surface area is 166 Å². The molecule has 0 saturated heterocycles. The van der Waals surface area contributed by atoms with Crippen molar-refractivity contribution in [2.45, 2.75) is 43.0 Å². The third kappa shape index (κ3) is 3.90. The third-order valence-electron chi connectivity index (χ3n) is 4.61. The van der Waals surface area contributed by atoms with Crippen LogP contribution in [0.1, 0.15) is 34.5 Å². The molecule has 134 valence electrons. The van der Waals surface area contributed by atoms with Crippen LogP contribution in [0.5, 0.6) is 0 Å². The highest BCUT2D eigenvalue weighted by Gasteiger charge is 2.20. The molecule has 2 heterocycles. The summed E-state index contributed by atoms with van der Waals surface area (Å²) >= 11 is 9.41. The second kappa shape index (κ2) is 7.99. The highest BCUT2D eigenvalue weighted by atomic mass is 35.5. The lowest BCUT2D eigenvalue weighted by atomic mass is 9.97. The van der Waals surface area contributed by atoms with Gasteiger partial charge < -0.3 is 0 Å². The van der Waals surface area contributed by atoms with E-state index in [9.17, 15) is 4.79 Å². The van der Waals surface area contributed by atoms with Crippen LogP contribution >= 0.6 is 34.7 Å². The first-order valence-corrected chi connectivity index (χ1v) is 11.0. The van der Waals surface area contributed by atoms with Gasteiger partial charge in [-0.2, -0.15) is 4.98 Å². The van der Waals surface area contributed by atoms with Crippen molar-refractivity contribution in [1.29, 1.82) is 0 Å². The summed E-state index contributed by atoms with van der Waals surface area (Å²) in [4.78, 5) is 18.4. The van der Waals surface area contributed by atoms with Crippen LogP contribution in [0.3, 0.4) is 0 Å². The minimum Gasteiger partial charge on any atom is -0.291 e. The lowest BCUT2D eigenvalue weighted by Crippen LogP contribution is -2.30. The number of nitrogens with zero attached hydrogens (tertiary/aromatic N) is 2. The van der Waals surface area contributed by atoms with Gasteiger partial charge in [-0.05, 0) is 54.8 Å². The van der Waals surface area contributed by atoms with Gasteiger partial charge in [0.05, 0.1) is 6.54 Å². The summed E-state index contributed by atoms with van der Waals surface area (Å²) < 4.78 is 1.88. The Hall–Kier alpha value is -1.56. The number of thiophene rings is 1. The molecule has 1 aliphatic rings. The van der Waals surface area contributed by atoms with Gasteiger partial charge in [-0.1, -0.05) is 29.8 Å². The van der Waals surface area contributed by atoms with E-state index in [1.54, 1.807) is 23.1 Å². The molecule has 3 aromatic rings. The monoisotopic (exact) mass is 402 g/mol. The third-order valence-corrected chi connectivity index (χ3v) is 6.79. The van der Waals surface area contributed by atoms with Crippen molar-refractivity contribution in [3.8, 4) is 0 Å². The molecule has 0 N–H and O–H groups in total. The molecule has 6 heteroatoms. The Morgan fingerprint density at radius 1 is 1.19 bits per heavy atom. The van der Waals surface area contributed by atoms with Crippen LogP contribution in [0, 0.1) is 0 Å². The van der Waals surface area contributed by atoms with Crippen LogP contribution in [-0.2, 0) is 25.1 Å². The minimum atomic E-state index is -0.132. The summed E-state index contributed by atoms with van der Waals surface area (Å²) in [5, 5.41) is 3.69. The number of aromatic nitrogens is 2. The van der Waals surface area contributed by atoms with Crippen LogP contribution in [-0.4, -0.2) is 9.55 Å². The summed E-state index contributed by atoms with van der Waals surface area (Å²) in [6.45, 7) is 0.630. The van der Waals surface area contributed by atoms with Gasteiger partial charge in [0, 0.05) is 26.9 Å². The van der Waals surface area contributed by atoms with Gasteiger partial charge in [0.25, 0.3) is 0 Å². The van der Waals surface area contributed by atoms with E-state index >= 15 is 0 Å². The molecule has 0 atom stereocenters. The van der Waals surface area contributed by atoms with Gasteiger partial charge in [-0.15, -0.1) is 23.1 Å². The molecule has 1 aromatic carbocycles. The average Bonchev–Trinajstić information content (AvgIpc) is 3.16. The Morgan fingerprint density at radius 3 is 2.88 bits per heavy atom. The van der Waals surface area contributed by atoms with Crippen LogP contribution in [0.15, 0.2) is 51.6 Å². The number of rotatable bonds is 5. The van der Waals surface area contributed by atoms with E-state index in [1.165, 1.54) is 16.1 Å². The molecule has 3 nitrogen and oxygen atoms in total. The standard InChI is InChI=1S/C20H19ClN2OS2/c21-15-6-3-5-14(11-15)13-26-19-17-8-1-2-9-18(17)23(20(24)22-19)12-16-7-4-10-25-16/h3-7,10-11H,1-2,8-9,12-13H2. The van der Waals surface area contributed by atoms with E-state index in [4.69, 9.17) is 11.6 Å². The molecule has 0 spiro atoms. The zero-order valence-corrected chi connectivity index (χ0v) is 16.7. The SMILES string of the molecule is O=c1nc(SCc2cccc(Cl)c2)c2c(n1Cc1cccs1)CCCC2. The van der Waals surface area contributed by atoms with E-state index in [2.05, 4.69) is 22.5 Å². The summed E-state index contributed by atoms with van der Waals surface area (Å²) in [7, 11) is 0. The number of thioether (sulfide) groups is 1. The molecular formula is C20H19ClN2OS2. The highest BCUT2D eigenvalue weighted by molar-refractivity contribution is 7.98. The molecule has 0 saturated carbocycles. The van der Waals surface area contributed by atoms with Crippen LogP contribution in [0.4, 0.5) is 0 Å². The quantitative estimate of drug-likeness (QED) is 0.435. The topological polar surface area (TPSA) is 34.9 Å². The number of hydrogen-bond acceptors (Lipinski definition) is 4. The van der Waals surface area contributed by atoms with E-state index in [0.29, 0.717) is 6.54 Å². The predicted octanol–water partition coefficient (Wildman–Crippen LogP) is 5.18. The van der Waals surface area contributed by atoms with Crippen LogP contribution < -0.4 is 5.69 Å². The molecule has 0 bridgehead atoms. The van der Waals surface area contributed by atoms with E-state index < -0.39 is 0 Å². The van der Waals surface area contributed by atoms with Gasteiger partial charge in [-0.25, -0.2) is 4.79 Å². The van der Waals surface area contributed by atoms with Crippen molar-refractivity contribution in [3.63, 3.8) is 0 Å². The van der Waals surface area contributed by atoms with Crippen molar-refractivity contribution < 1.29 is 0 Å². The highest BCUT2D eigenvalue weighted by Crippen LogP contribution is 2.31. The second-order valence-electron chi connectivity index (χ2n) is 6.42. The normalized spacial score (nSPS) is 13.6. The number of hydrogen-bond donors (Lipinski definition) is 0. The first-order valence-electron chi connectivity index (χ1n) is 8.73. The lowest BCUT2D eigenvalue weighted by Gasteiger charge is -2.22. The Morgan fingerprint density at radius 2 is 2.08 bits per heavy atom. The van der Waals surface area contributed by atoms with Crippen molar-refractivity contribution in [2.24, 2.45) is 0 Å². The Bertz CT molecular complexity index is 966. The molecule has 0 unspecified atom stereocenters. The molecule has 0 amide bonds. The summed E-state index contributed by atoms with van der Waals surface area (Å²) in [5.41, 5.74) is 3.46. The summed E-state index contributed by atoms with van der Waals surface area (Å²) in [6.07, 6.45) is 4.27. The first-order chi connectivity index (χ1) is 12.7. The summed E-state index contributed by atoms with van der Waals surface area (Å²) in [6, 6.07) is 12.0. The predicted molar refractivity (Wildman–Crippen MR) is 110 cm³/mol. The van der Waals surface area contributed by atoms with Gasteiger partial charge >= 0.3 is 5.69 Å². The smallest absolute Gasteiger partial charge is 0.291 e. The van der Waals surface area contributed by atoms with Crippen molar-refractivity contribution >= 4 is 34.7 Å². The number of halogens is 1. The van der Waals surface area contributed by atoms with Gasteiger partial charge in [-0.3, -0.25) is 4.57 Å². The number of benzene rings is 1. The minimum absolute atomic E-state index is 0.132. The fourth-order valence-corrected chi connectivity index (χ4v) is 5.29. The van der Waals surface area contributed by atoms with Crippen LogP contribution in [0.2, 0.25) is 5.02 Å². The van der Waals surface area contributed by atoms with Crippen LogP contribution in [0.25, 0.3) is 0 Å². The summed E-state index contributed by atoms with van der Waals surface area (Å²) in [5.74, 6) is 0.772. The lowest BCUT2D eigenvalue weighted by molar-refractivity contribution is 0.571. The number of fused-ring (bicyclic) bond motifs is 1. The van der Waals surface area contributed by atoms with Crippen molar-refractivity contribution in [2.75, 3.05) is 0 Å². The van der Waals surface area contributed by atoms with E-state index in [1.807, 2.05) is 28.8 Å². The Kier molecular flexibility index (Phi) is 5.48. The zero-order chi connectivity index (χ0) is 17.9. The van der Waals surface area contributed by atoms with Gasteiger partial charge in [0.1, 0.15) is 5.03 Å². The molecule has 26 heavy (non-hydrogen) atoms. The Balaban J connectivity index is 1.65. The zero-order valence-electron chi connectivity index (χ0n) is 14.3. The van der Waals surface area contributed by atoms with Gasteiger partial charge in [0.2, 0.25) is 0 Å². The average molecular weight is 403 g/mol. The maximum absolute atomic E-state index is 12.7. The molecular weight excluding hydrogens is 384 g/mol.